The second-order valence-electron chi connectivity index (χ2n) is 26.0. The second-order valence-corrected chi connectivity index (χ2v) is 30.2. The van der Waals surface area contributed by atoms with Gasteiger partial charge in [0, 0.05) is 125 Å². The van der Waals surface area contributed by atoms with Crippen LogP contribution in [0.4, 0.5) is 34.1 Å². The molecule has 4 amide bonds. The maximum Gasteiger partial charge on any atom is 0.253 e. The number of azide groups is 2. The molecule has 0 saturated heterocycles. The van der Waals surface area contributed by atoms with E-state index in [4.69, 9.17) is 21.0 Å². The highest BCUT2D eigenvalue weighted by Gasteiger charge is 2.32. The number of rotatable bonds is 32. The van der Waals surface area contributed by atoms with E-state index in [0.29, 0.717) is 66.6 Å². The van der Waals surface area contributed by atoms with Crippen LogP contribution >= 0.6 is 58.2 Å². The van der Waals surface area contributed by atoms with Gasteiger partial charge in [-0.2, -0.15) is 0 Å². The first-order valence-electron chi connectivity index (χ1n) is 35.5. The van der Waals surface area contributed by atoms with Gasteiger partial charge in [0.1, 0.15) is 27.8 Å². The molecule has 7 heterocycles. The van der Waals surface area contributed by atoms with Crippen molar-refractivity contribution in [3.05, 3.63) is 293 Å². The zero-order valence-corrected chi connectivity index (χ0v) is 62.4. The van der Waals surface area contributed by atoms with Crippen LogP contribution in [-0.4, -0.2) is 81.0 Å². The summed E-state index contributed by atoms with van der Waals surface area (Å²) in [7, 11) is 0. The van der Waals surface area contributed by atoms with Crippen LogP contribution in [0.2, 0.25) is 0 Å². The van der Waals surface area contributed by atoms with Crippen LogP contribution in [0.1, 0.15) is 83.4 Å². The number of nitrogens with one attached hydrogen (secondary N) is 1. The number of carbonyl (C=O) groups excluding carboxylic acids is 4. The van der Waals surface area contributed by atoms with Crippen LogP contribution in [0.5, 0.6) is 0 Å². The molecule has 0 saturated carbocycles. The molecule has 18 nitrogen and oxygen atoms in total. The lowest BCUT2D eigenvalue weighted by Crippen LogP contribution is -2.45. The summed E-state index contributed by atoms with van der Waals surface area (Å²) >= 11 is 11.1. The minimum atomic E-state index is -0.254. The third kappa shape index (κ3) is 16.7. The second kappa shape index (κ2) is 34.2. The first-order chi connectivity index (χ1) is 52.5. The third-order valence-electron chi connectivity index (χ3n) is 19.1. The molecule has 0 unspecified atom stereocenters. The molecule has 11 aromatic rings. The van der Waals surface area contributed by atoms with Crippen LogP contribution in [0.15, 0.2) is 244 Å². The lowest BCUT2D eigenvalue weighted by molar-refractivity contribution is -0.138. The fourth-order valence-electron chi connectivity index (χ4n) is 13.6. The highest BCUT2D eigenvalue weighted by molar-refractivity contribution is 7.79. The Balaban J connectivity index is 0.775. The van der Waals surface area contributed by atoms with Crippen molar-refractivity contribution in [2.75, 3.05) is 36.0 Å². The molecule has 23 heteroatoms. The lowest BCUT2D eigenvalue weighted by atomic mass is 9.92. The quantitative estimate of drug-likeness (QED) is 0.0102. The van der Waals surface area contributed by atoms with E-state index >= 15 is 0 Å². The average molecular weight is 1500 g/mol. The highest BCUT2D eigenvalue weighted by atomic mass is 32.1. The van der Waals surface area contributed by atoms with Crippen molar-refractivity contribution in [3.63, 3.8) is 0 Å². The highest BCUT2D eigenvalue weighted by Crippen LogP contribution is 2.43. The summed E-state index contributed by atoms with van der Waals surface area (Å²) in [6.07, 6.45) is 15.2. The van der Waals surface area contributed by atoms with E-state index < -0.39 is 0 Å². The van der Waals surface area contributed by atoms with Gasteiger partial charge in [-0.05, 0) is 254 Å². The van der Waals surface area contributed by atoms with Gasteiger partial charge in [0.15, 0.2) is 0 Å². The molecule has 107 heavy (non-hydrogen) atoms. The minimum Gasteiger partial charge on any atom is -0.311 e. The Kier molecular flexibility index (Phi) is 23.2. The van der Waals surface area contributed by atoms with Crippen molar-refractivity contribution < 1.29 is 19.2 Å². The fraction of sp³-hybridized carbons (Fsp3) is 0.190. The van der Waals surface area contributed by atoms with Gasteiger partial charge >= 0.3 is 0 Å². The van der Waals surface area contributed by atoms with Gasteiger partial charge in [0.05, 0.1) is 15.5 Å². The number of carbonyl (C=O) groups is 4. The molecule has 0 spiro atoms. The monoisotopic (exact) mass is 1500 g/mol. The summed E-state index contributed by atoms with van der Waals surface area (Å²) in [6, 6.07) is 68.1. The maximum absolute atomic E-state index is 12.2. The normalized spacial score (nSPS) is 13.7. The molecule has 532 valence electrons. The lowest BCUT2D eigenvalue weighted by Gasteiger charge is -2.26. The molecular weight excluding hydrogens is 1430 g/mol. The topological polar surface area (TPSA) is 241 Å². The molecule has 5 aromatic heterocycles. The Morgan fingerprint density at radius 3 is 1.07 bits per heavy atom. The Bertz CT molecular complexity index is 5390. The third-order valence-corrected chi connectivity index (χ3v) is 23.3. The SMILES string of the molecule is [N-]=[N+]=NCCCCc1ccc(N(c2ccc(CCCCN3C(=O)C=CC3=O)cc2)c2ccc(-c3ccc(C4=c5nc(-c6cccs6)c(-c6cccs6)nc5=C(c5ccc(-c6ccc(N(c7ccc(CCCCN=[N+]=[N-])cc7)c7ccc(CCCCN8C(=O)C=CC8=O)cc7)cc6)s5)/C(=N/S)C4=N)s3)cc2)cc1. The van der Waals surface area contributed by atoms with Crippen molar-refractivity contribution in [1.29, 1.82) is 5.41 Å². The molecule has 0 radical (unpaired) electrons. The molecule has 14 rings (SSSR count). The first-order valence-corrected chi connectivity index (χ1v) is 39.3. The smallest absolute Gasteiger partial charge is 0.253 e. The number of hydrogen-bond acceptors (Lipinski definition) is 17. The number of hydrogen-bond donors (Lipinski definition) is 2. The zero-order chi connectivity index (χ0) is 73.6. The fourth-order valence-corrected chi connectivity index (χ4v) is 17.3. The number of fused-ring (bicyclic) bond motifs is 1. The number of imide groups is 2. The van der Waals surface area contributed by atoms with Crippen LogP contribution < -0.4 is 20.5 Å². The summed E-state index contributed by atoms with van der Waals surface area (Å²) in [5.74, 6) is -1.02. The molecule has 2 aliphatic heterocycles. The van der Waals surface area contributed by atoms with Gasteiger partial charge in [-0.15, -0.1) is 45.3 Å². The molecule has 0 fully saturated rings. The van der Waals surface area contributed by atoms with Crippen LogP contribution in [0, 0.1) is 5.41 Å². The number of benzene rings is 6. The van der Waals surface area contributed by atoms with Crippen LogP contribution in [0.25, 0.3) is 74.1 Å². The summed E-state index contributed by atoms with van der Waals surface area (Å²) in [5.41, 5.74) is 33.5. The first kappa shape index (κ1) is 72.6. The number of amides is 4. The van der Waals surface area contributed by atoms with Crippen molar-refractivity contribution >= 4 is 138 Å². The largest absolute Gasteiger partial charge is 0.311 e. The number of nitrogens with zero attached hydrogens (tertiary/aromatic N) is 13. The van der Waals surface area contributed by atoms with Crippen molar-refractivity contribution in [2.45, 2.75) is 77.0 Å². The number of thiol groups is 1. The average Bonchev–Trinajstić information content (AvgIpc) is 1.72. The molecule has 0 atom stereocenters. The van der Waals surface area contributed by atoms with Gasteiger partial charge < -0.3 is 9.80 Å². The van der Waals surface area contributed by atoms with E-state index in [2.05, 4.69) is 229 Å². The van der Waals surface area contributed by atoms with Crippen LogP contribution in [0.3, 0.4) is 0 Å². The van der Waals surface area contributed by atoms with E-state index in [1.165, 1.54) is 45.2 Å². The number of anilines is 6. The standard InChI is InChI=1S/C84H72N14O4S5/c85-79-77(69-43-41-67(106-69)59-25-37-65(38-26-59)97(61-29-17-55(18-30-61)11-1-5-49-88-93-86)63-33-21-57(22-34-63)13-3-7-51-95-73(99)45-46-74(95)100)83-84(91-81(72-16-10-54-105-72)80(90-83)71-15-9-53-104-71)78(82(79)92-103)70-44-42-68(107-70)60-27-39-66(40-28-60)98(62-31-19-56(20-32-62)12-2-6-50-89-94-87)64-35-23-58(24-36-64)14-4-8-52-96-75(101)47-48-76(96)102/h9-10,15-48,53-54,85,103H,1-8,11-14,49-52H2/b85-79?,92-82-. The molecule has 6 aromatic carbocycles. The number of aromatic nitrogens is 2. The Morgan fingerprint density at radius 2 is 0.729 bits per heavy atom. The Hall–Kier alpha value is -11.4. The molecule has 1 N–H and O–H groups in total. The van der Waals surface area contributed by atoms with Crippen molar-refractivity contribution in [3.8, 4) is 42.0 Å². The van der Waals surface area contributed by atoms with E-state index in [9.17, 15) is 24.6 Å². The minimum absolute atomic E-state index is 0.187. The van der Waals surface area contributed by atoms with Gasteiger partial charge in [-0.3, -0.25) is 34.4 Å². The predicted octanol–water partition coefficient (Wildman–Crippen LogP) is 19.8. The van der Waals surface area contributed by atoms with Crippen LogP contribution in [-0.2, 0) is 44.9 Å². The van der Waals surface area contributed by atoms with Gasteiger partial charge in [0.2, 0.25) is 0 Å². The molecular formula is C84H72N14O4S5. The van der Waals surface area contributed by atoms with E-state index in [-0.39, 0.29) is 29.3 Å². The van der Waals surface area contributed by atoms with Gasteiger partial charge in [-0.25, -0.2) is 14.4 Å². The van der Waals surface area contributed by atoms with Crippen molar-refractivity contribution in [2.24, 2.45) is 14.6 Å². The number of thiophene rings is 4. The summed E-state index contributed by atoms with van der Waals surface area (Å²) in [5, 5.41) is 23.0. The molecule has 1 aliphatic carbocycles. The summed E-state index contributed by atoms with van der Waals surface area (Å²) in [4.78, 5) is 78.4. The molecule has 3 aliphatic rings. The Morgan fingerprint density at radius 1 is 0.402 bits per heavy atom. The number of unbranched alkanes of at least 4 members (excludes halogenated alkanes) is 4. The number of aryl methyl sites for hydroxylation is 4. The predicted molar refractivity (Wildman–Crippen MR) is 437 cm³/mol. The molecule has 0 bridgehead atoms. The van der Waals surface area contributed by atoms with E-state index in [1.807, 2.05) is 22.9 Å². The van der Waals surface area contributed by atoms with Gasteiger partial charge in [-0.1, -0.05) is 95.2 Å². The Labute approximate surface area is 640 Å². The summed E-state index contributed by atoms with van der Waals surface area (Å²) < 4.78 is 4.67. The maximum atomic E-state index is 12.2. The van der Waals surface area contributed by atoms with E-state index in [1.54, 1.807) is 45.3 Å². The van der Waals surface area contributed by atoms with E-state index in [0.717, 1.165) is 161 Å². The van der Waals surface area contributed by atoms with Crippen molar-refractivity contribution in [1.82, 2.24) is 19.8 Å². The van der Waals surface area contributed by atoms with Gasteiger partial charge in [0.25, 0.3) is 23.6 Å². The summed E-state index contributed by atoms with van der Waals surface area (Å²) in [6.45, 7) is 1.75. The zero-order valence-electron chi connectivity index (χ0n) is 58.3.